The Hall–Kier alpha value is -0.820. The largest absolute Gasteiger partial charge is 0.249 e. The molecule has 0 fully saturated rings. The minimum absolute atomic E-state index is 0.120. The van der Waals surface area contributed by atoms with Crippen molar-refractivity contribution in [2.24, 2.45) is 0 Å². The molecule has 0 atom stereocenters. The van der Waals surface area contributed by atoms with Gasteiger partial charge in [0.15, 0.2) is 0 Å². The monoisotopic (exact) mass is 295 g/mol. The summed E-state index contributed by atoms with van der Waals surface area (Å²) in [5.74, 6) is 6.25. The Labute approximate surface area is 121 Å². The molecule has 18 heavy (non-hydrogen) atoms. The van der Waals surface area contributed by atoms with Crippen LogP contribution in [-0.4, -0.2) is 4.98 Å². The van der Waals surface area contributed by atoms with E-state index in [1.807, 2.05) is 6.92 Å². The number of nitrogens with zero attached hydrogens (tertiary/aromatic N) is 1. The van der Waals surface area contributed by atoms with Gasteiger partial charge in [-0.15, -0.1) is 22.7 Å². The van der Waals surface area contributed by atoms with Crippen LogP contribution < -0.4 is 0 Å². The molecule has 0 aliphatic heterocycles. The highest BCUT2D eigenvalue weighted by molar-refractivity contribution is 7.16. The van der Waals surface area contributed by atoms with Crippen LogP contribution in [0.4, 0.5) is 0 Å². The smallest absolute Gasteiger partial charge is 0.109 e. The number of hydrogen-bond donors (Lipinski definition) is 0. The Bertz CT molecular complexity index is 620. The highest BCUT2D eigenvalue weighted by Crippen LogP contribution is 2.35. The van der Waals surface area contributed by atoms with E-state index in [9.17, 15) is 0 Å². The van der Waals surface area contributed by atoms with Crippen molar-refractivity contribution in [2.75, 3.05) is 0 Å². The van der Waals surface area contributed by atoms with Crippen molar-refractivity contribution in [3.05, 3.63) is 36.9 Å². The molecule has 0 N–H and O–H groups in total. The predicted octanol–water partition coefficient (Wildman–Crippen LogP) is 4.86. The number of hydrogen-bond acceptors (Lipinski definition) is 3. The first-order valence-corrected chi connectivity index (χ1v) is 7.61. The average molecular weight is 296 g/mol. The maximum Gasteiger partial charge on any atom is 0.109 e. The summed E-state index contributed by atoms with van der Waals surface area (Å²) >= 11 is 9.44. The normalized spacial score (nSPS) is 11.2. The number of aryl methyl sites for hydroxylation is 1. The fourth-order valence-corrected chi connectivity index (χ4v) is 3.25. The van der Waals surface area contributed by atoms with Crippen LogP contribution in [0.5, 0.6) is 0 Å². The Morgan fingerprint density at radius 2 is 1.94 bits per heavy atom. The van der Waals surface area contributed by atoms with Crippen LogP contribution in [-0.2, 0) is 5.41 Å². The minimum Gasteiger partial charge on any atom is -0.249 e. The molecule has 4 heteroatoms. The van der Waals surface area contributed by atoms with Gasteiger partial charge in [-0.05, 0) is 24.3 Å². The van der Waals surface area contributed by atoms with Crippen LogP contribution in [0, 0.1) is 18.8 Å². The van der Waals surface area contributed by atoms with Crippen molar-refractivity contribution >= 4 is 34.3 Å². The van der Waals surface area contributed by atoms with Gasteiger partial charge < -0.3 is 0 Å². The van der Waals surface area contributed by atoms with Crippen LogP contribution in [0.1, 0.15) is 41.1 Å². The molecule has 0 saturated heterocycles. The lowest BCUT2D eigenvalue weighted by Gasteiger charge is -2.14. The number of aromatic nitrogens is 1. The lowest BCUT2D eigenvalue weighted by Crippen LogP contribution is -2.07. The summed E-state index contributed by atoms with van der Waals surface area (Å²) in [7, 11) is 0. The fraction of sp³-hybridized carbons (Fsp3) is 0.357. The maximum atomic E-state index is 6.23. The first kappa shape index (κ1) is 13.6. The molecule has 0 aliphatic rings. The van der Waals surface area contributed by atoms with Crippen LogP contribution in [0.25, 0.3) is 0 Å². The zero-order valence-corrected chi connectivity index (χ0v) is 13.2. The first-order valence-electron chi connectivity index (χ1n) is 5.60. The third kappa shape index (κ3) is 3.14. The molecule has 1 nitrogen and oxygen atoms in total. The summed E-state index contributed by atoms with van der Waals surface area (Å²) in [6, 6.07) is 2.09. The van der Waals surface area contributed by atoms with E-state index >= 15 is 0 Å². The van der Waals surface area contributed by atoms with Gasteiger partial charge >= 0.3 is 0 Å². The summed E-state index contributed by atoms with van der Waals surface area (Å²) in [6.45, 7) is 8.52. The van der Waals surface area contributed by atoms with E-state index in [4.69, 9.17) is 11.6 Å². The molecule has 0 bridgehead atoms. The lowest BCUT2D eigenvalue weighted by molar-refractivity contribution is 0.604. The Morgan fingerprint density at radius 3 is 2.44 bits per heavy atom. The Morgan fingerprint density at radius 1 is 1.22 bits per heavy atom. The molecule has 0 aromatic carbocycles. The average Bonchev–Trinajstić information content (AvgIpc) is 2.81. The molecule has 0 radical (unpaired) electrons. The van der Waals surface area contributed by atoms with Crippen molar-refractivity contribution in [1.29, 1.82) is 0 Å². The van der Waals surface area contributed by atoms with E-state index in [0.717, 1.165) is 19.8 Å². The van der Waals surface area contributed by atoms with Crippen molar-refractivity contribution in [2.45, 2.75) is 33.1 Å². The van der Waals surface area contributed by atoms with E-state index in [-0.39, 0.29) is 5.41 Å². The van der Waals surface area contributed by atoms with Crippen molar-refractivity contribution in [3.8, 4) is 11.8 Å². The molecule has 2 aromatic rings. The van der Waals surface area contributed by atoms with E-state index in [0.29, 0.717) is 0 Å². The Balaban J connectivity index is 2.31. The molecule has 0 saturated carbocycles. The van der Waals surface area contributed by atoms with Gasteiger partial charge in [0.2, 0.25) is 0 Å². The second-order valence-corrected chi connectivity index (χ2v) is 7.93. The molecule has 0 spiro atoms. The summed E-state index contributed by atoms with van der Waals surface area (Å²) < 4.78 is 0.772. The second-order valence-electron chi connectivity index (χ2n) is 5.04. The van der Waals surface area contributed by atoms with Gasteiger partial charge in [0.1, 0.15) is 4.34 Å². The molecule has 94 valence electrons. The number of thiophene rings is 1. The molecular weight excluding hydrogens is 282 g/mol. The Kier molecular flexibility index (Phi) is 3.82. The van der Waals surface area contributed by atoms with Gasteiger partial charge in [0.25, 0.3) is 0 Å². The van der Waals surface area contributed by atoms with Crippen molar-refractivity contribution < 1.29 is 0 Å². The third-order valence-corrected chi connectivity index (χ3v) is 4.98. The number of thiazole rings is 1. The topological polar surface area (TPSA) is 12.9 Å². The molecular formula is C14H14ClNS2. The van der Waals surface area contributed by atoms with E-state index < -0.39 is 0 Å². The predicted molar refractivity (Wildman–Crippen MR) is 80.9 cm³/mol. The SMILES string of the molecule is Cc1ncc(C#Cc2cc(C(C)(C)C)sc2Cl)s1. The zero-order valence-electron chi connectivity index (χ0n) is 10.8. The van der Waals surface area contributed by atoms with Gasteiger partial charge in [0.05, 0.1) is 21.6 Å². The molecule has 0 amide bonds. The van der Waals surface area contributed by atoms with Gasteiger partial charge in [-0.1, -0.05) is 38.3 Å². The van der Waals surface area contributed by atoms with Crippen LogP contribution in [0.3, 0.4) is 0 Å². The van der Waals surface area contributed by atoms with Crippen molar-refractivity contribution in [3.63, 3.8) is 0 Å². The van der Waals surface area contributed by atoms with E-state index in [2.05, 4.69) is 43.7 Å². The standard InChI is InChI=1S/C14H14ClNS2/c1-9-16-8-11(17-9)6-5-10-7-12(14(2,3)4)18-13(10)15/h7-8H,1-4H3. The number of halogens is 1. The highest BCUT2D eigenvalue weighted by atomic mass is 35.5. The molecule has 2 heterocycles. The second kappa shape index (κ2) is 5.05. The highest BCUT2D eigenvalue weighted by Gasteiger charge is 2.18. The third-order valence-electron chi connectivity index (χ3n) is 2.37. The zero-order chi connectivity index (χ0) is 13.3. The molecule has 2 rings (SSSR count). The van der Waals surface area contributed by atoms with Crippen LogP contribution in [0.15, 0.2) is 12.3 Å². The lowest BCUT2D eigenvalue weighted by atomic mass is 9.94. The molecule has 0 aliphatic carbocycles. The van der Waals surface area contributed by atoms with Gasteiger partial charge in [-0.25, -0.2) is 4.98 Å². The van der Waals surface area contributed by atoms with Gasteiger partial charge in [0, 0.05) is 4.88 Å². The number of rotatable bonds is 0. The van der Waals surface area contributed by atoms with Crippen molar-refractivity contribution in [1.82, 2.24) is 4.98 Å². The summed E-state index contributed by atoms with van der Waals surface area (Å²) in [5.41, 5.74) is 1.03. The van der Waals surface area contributed by atoms with Crippen LogP contribution >= 0.6 is 34.3 Å². The van der Waals surface area contributed by atoms with E-state index in [1.165, 1.54) is 4.88 Å². The fourth-order valence-electron chi connectivity index (χ4n) is 1.37. The van der Waals surface area contributed by atoms with Gasteiger partial charge in [-0.3, -0.25) is 0 Å². The summed E-state index contributed by atoms with van der Waals surface area (Å²) in [4.78, 5) is 6.42. The quantitative estimate of drug-likeness (QED) is 0.632. The minimum atomic E-state index is 0.120. The summed E-state index contributed by atoms with van der Waals surface area (Å²) in [6.07, 6.45) is 1.80. The first-order chi connectivity index (χ1) is 8.36. The van der Waals surface area contributed by atoms with Gasteiger partial charge in [-0.2, -0.15) is 0 Å². The van der Waals surface area contributed by atoms with E-state index in [1.54, 1.807) is 28.9 Å². The summed E-state index contributed by atoms with van der Waals surface area (Å²) in [5, 5.41) is 1.03. The maximum absolute atomic E-state index is 6.23. The molecule has 0 unspecified atom stereocenters. The van der Waals surface area contributed by atoms with Crippen LogP contribution in [0.2, 0.25) is 4.34 Å². The molecule has 2 aromatic heterocycles.